The van der Waals surface area contributed by atoms with Crippen LogP contribution < -0.4 is 10.6 Å². The lowest BCUT2D eigenvalue weighted by molar-refractivity contribution is 0.240. The minimum atomic E-state index is -0.192. The molecule has 1 saturated carbocycles. The molecule has 0 bridgehead atoms. The first kappa shape index (κ1) is 14.6. The van der Waals surface area contributed by atoms with Crippen molar-refractivity contribution in [3.63, 3.8) is 0 Å². The van der Waals surface area contributed by atoms with Crippen LogP contribution in [0.2, 0.25) is 0 Å². The van der Waals surface area contributed by atoms with Crippen LogP contribution in [0, 0.1) is 6.92 Å². The predicted octanol–water partition coefficient (Wildman–Crippen LogP) is 2.30. The normalized spacial score (nSPS) is 13.9. The van der Waals surface area contributed by atoms with E-state index >= 15 is 0 Å². The molecule has 0 unspecified atom stereocenters. The summed E-state index contributed by atoms with van der Waals surface area (Å²) in [4.78, 5) is 15.8. The summed E-state index contributed by atoms with van der Waals surface area (Å²) in [5.41, 5.74) is 2.51. The van der Waals surface area contributed by atoms with Gasteiger partial charge in [-0.2, -0.15) is 4.98 Å². The van der Waals surface area contributed by atoms with E-state index in [4.69, 9.17) is 4.52 Å². The van der Waals surface area contributed by atoms with Gasteiger partial charge >= 0.3 is 6.03 Å². The molecule has 2 aromatic rings. The highest BCUT2D eigenvalue weighted by Gasteiger charge is 2.22. The minimum absolute atomic E-state index is 0.192. The number of hydrogen-bond donors (Lipinski definition) is 2. The van der Waals surface area contributed by atoms with Crippen LogP contribution in [0.1, 0.15) is 41.6 Å². The van der Waals surface area contributed by atoms with E-state index in [-0.39, 0.29) is 6.03 Å². The number of carbonyl (C=O) groups is 1. The van der Waals surface area contributed by atoms with Crippen molar-refractivity contribution in [2.24, 2.45) is 0 Å². The summed E-state index contributed by atoms with van der Waals surface area (Å²) in [6, 6.07) is 8.28. The Labute approximate surface area is 129 Å². The van der Waals surface area contributed by atoms with Gasteiger partial charge in [0.15, 0.2) is 5.82 Å². The largest absolute Gasteiger partial charge is 0.339 e. The maximum atomic E-state index is 11.7. The van der Waals surface area contributed by atoms with Crippen LogP contribution in [-0.2, 0) is 13.0 Å². The molecule has 1 aromatic carbocycles. The second-order valence-electron chi connectivity index (χ2n) is 5.61. The fraction of sp³-hybridized carbons (Fsp3) is 0.438. The Hall–Kier alpha value is -2.37. The van der Waals surface area contributed by atoms with Crippen LogP contribution in [0.3, 0.4) is 0 Å². The average molecular weight is 300 g/mol. The zero-order chi connectivity index (χ0) is 15.4. The molecule has 2 N–H and O–H groups in total. The van der Waals surface area contributed by atoms with Gasteiger partial charge in [0.2, 0.25) is 5.89 Å². The Morgan fingerprint density at radius 1 is 1.27 bits per heavy atom. The number of rotatable bonds is 6. The van der Waals surface area contributed by atoms with Gasteiger partial charge in [0, 0.05) is 19.5 Å². The number of nitrogens with zero attached hydrogens (tertiary/aromatic N) is 2. The third-order valence-electron chi connectivity index (χ3n) is 3.68. The first-order valence-electron chi connectivity index (χ1n) is 7.60. The molecule has 1 heterocycles. The van der Waals surface area contributed by atoms with Crippen LogP contribution in [0.4, 0.5) is 4.79 Å². The smallest absolute Gasteiger partial charge is 0.315 e. The van der Waals surface area contributed by atoms with Crippen molar-refractivity contribution in [3.8, 4) is 0 Å². The van der Waals surface area contributed by atoms with Gasteiger partial charge < -0.3 is 15.2 Å². The Kier molecular flexibility index (Phi) is 4.37. The van der Waals surface area contributed by atoms with Gasteiger partial charge in [0.25, 0.3) is 0 Å². The van der Waals surface area contributed by atoms with Crippen LogP contribution in [0.15, 0.2) is 28.8 Å². The van der Waals surface area contributed by atoms with E-state index in [9.17, 15) is 4.79 Å². The van der Waals surface area contributed by atoms with E-state index in [2.05, 4.69) is 45.0 Å². The lowest BCUT2D eigenvalue weighted by atomic mass is 10.1. The van der Waals surface area contributed by atoms with Gasteiger partial charge in [-0.1, -0.05) is 29.4 Å². The van der Waals surface area contributed by atoms with E-state index < -0.39 is 0 Å². The summed E-state index contributed by atoms with van der Waals surface area (Å²) in [5.74, 6) is 1.90. The second kappa shape index (κ2) is 6.60. The monoisotopic (exact) mass is 300 g/mol. The van der Waals surface area contributed by atoms with Crippen molar-refractivity contribution in [1.29, 1.82) is 0 Å². The number of carbonyl (C=O) groups excluding carboxylic acids is 1. The highest BCUT2D eigenvalue weighted by atomic mass is 16.5. The highest BCUT2D eigenvalue weighted by Crippen LogP contribution is 2.39. The van der Waals surface area contributed by atoms with Gasteiger partial charge in [-0.15, -0.1) is 0 Å². The summed E-state index contributed by atoms with van der Waals surface area (Å²) in [6.45, 7) is 2.76. The zero-order valence-corrected chi connectivity index (χ0v) is 12.6. The third kappa shape index (κ3) is 4.07. The highest BCUT2D eigenvalue weighted by molar-refractivity contribution is 5.73. The number of benzene rings is 1. The van der Waals surface area contributed by atoms with Crippen LogP contribution >= 0.6 is 0 Å². The van der Waals surface area contributed by atoms with Gasteiger partial charge in [-0.25, -0.2) is 4.79 Å². The molecular formula is C16H20N4O2. The van der Waals surface area contributed by atoms with Gasteiger partial charge in [0.05, 0.1) is 0 Å². The van der Waals surface area contributed by atoms with Crippen molar-refractivity contribution in [1.82, 2.24) is 20.8 Å². The standard InChI is InChI=1S/C16H20N4O2/c1-11-19-15(22-20-11)8-9-17-16(21)18-10-12-2-4-13(5-3-12)14-6-7-14/h2-5,14H,6-10H2,1H3,(H2,17,18,21). The summed E-state index contributed by atoms with van der Waals surface area (Å²) in [6.07, 6.45) is 3.14. The van der Waals surface area contributed by atoms with Crippen LogP contribution in [0.5, 0.6) is 0 Å². The molecule has 1 fully saturated rings. The number of aromatic nitrogens is 2. The van der Waals surface area contributed by atoms with Gasteiger partial charge in [0.1, 0.15) is 0 Å². The molecular weight excluding hydrogens is 280 g/mol. The SMILES string of the molecule is Cc1noc(CCNC(=O)NCc2ccc(C3CC3)cc2)n1. The number of aryl methyl sites for hydroxylation is 1. The third-order valence-corrected chi connectivity index (χ3v) is 3.68. The summed E-state index contributed by atoms with van der Waals surface area (Å²) >= 11 is 0. The second-order valence-corrected chi connectivity index (χ2v) is 5.61. The zero-order valence-electron chi connectivity index (χ0n) is 12.6. The lowest BCUT2D eigenvalue weighted by Crippen LogP contribution is -2.36. The quantitative estimate of drug-likeness (QED) is 0.858. The maximum Gasteiger partial charge on any atom is 0.315 e. The predicted molar refractivity (Wildman–Crippen MR) is 81.4 cm³/mol. The molecule has 22 heavy (non-hydrogen) atoms. The van der Waals surface area contributed by atoms with Crippen LogP contribution in [-0.4, -0.2) is 22.7 Å². The molecule has 3 rings (SSSR count). The molecule has 116 valence electrons. The Morgan fingerprint density at radius 2 is 2.05 bits per heavy atom. The molecule has 6 nitrogen and oxygen atoms in total. The molecule has 0 radical (unpaired) electrons. The number of hydrogen-bond acceptors (Lipinski definition) is 4. The molecule has 0 atom stereocenters. The summed E-state index contributed by atoms with van der Waals surface area (Å²) < 4.78 is 4.98. The topological polar surface area (TPSA) is 80.0 Å². The van der Waals surface area contributed by atoms with Gasteiger partial charge in [-0.3, -0.25) is 0 Å². The molecule has 1 aliphatic rings. The minimum Gasteiger partial charge on any atom is -0.339 e. The van der Waals surface area contributed by atoms with Crippen molar-refractivity contribution in [2.75, 3.05) is 6.54 Å². The fourth-order valence-corrected chi connectivity index (χ4v) is 2.29. The van der Waals surface area contributed by atoms with E-state index in [1.807, 2.05) is 0 Å². The lowest BCUT2D eigenvalue weighted by Gasteiger charge is -2.07. The van der Waals surface area contributed by atoms with E-state index in [1.54, 1.807) is 6.92 Å². The molecule has 0 spiro atoms. The first-order valence-corrected chi connectivity index (χ1v) is 7.60. The van der Waals surface area contributed by atoms with E-state index in [0.717, 1.165) is 11.5 Å². The first-order chi connectivity index (χ1) is 10.7. The van der Waals surface area contributed by atoms with Gasteiger partial charge in [-0.05, 0) is 36.8 Å². The van der Waals surface area contributed by atoms with Crippen molar-refractivity contribution < 1.29 is 9.32 Å². The fourth-order valence-electron chi connectivity index (χ4n) is 2.29. The molecule has 0 saturated heterocycles. The van der Waals surface area contributed by atoms with Crippen molar-refractivity contribution in [2.45, 2.75) is 38.6 Å². The van der Waals surface area contributed by atoms with Crippen molar-refractivity contribution >= 4 is 6.03 Å². The summed E-state index contributed by atoms with van der Waals surface area (Å²) in [5, 5.41) is 9.31. The Bertz CT molecular complexity index is 632. The number of urea groups is 1. The molecule has 0 aliphatic heterocycles. The molecule has 1 aliphatic carbocycles. The summed E-state index contributed by atoms with van der Waals surface area (Å²) in [7, 11) is 0. The molecule has 1 aromatic heterocycles. The van der Waals surface area contributed by atoms with E-state index in [1.165, 1.54) is 18.4 Å². The Balaban J connectivity index is 1.36. The molecule has 2 amide bonds. The van der Waals surface area contributed by atoms with Crippen LogP contribution in [0.25, 0.3) is 0 Å². The number of nitrogens with one attached hydrogen (secondary N) is 2. The average Bonchev–Trinajstić information content (AvgIpc) is 3.29. The van der Waals surface area contributed by atoms with E-state index in [0.29, 0.717) is 31.2 Å². The maximum absolute atomic E-state index is 11.7. The molecule has 6 heteroatoms. The number of amides is 2. The Morgan fingerprint density at radius 3 is 2.68 bits per heavy atom. The van der Waals surface area contributed by atoms with Crippen molar-refractivity contribution in [3.05, 3.63) is 47.1 Å².